The van der Waals surface area contributed by atoms with E-state index in [4.69, 9.17) is 11.6 Å². The second-order valence-corrected chi connectivity index (χ2v) is 3.85. The largest absolute Gasteiger partial charge is 0.416 e. The highest BCUT2D eigenvalue weighted by Gasteiger charge is 2.30. The van der Waals surface area contributed by atoms with Crippen molar-refractivity contribution in [2.75, 3.05) is 0 Å². The third-order valence-electron chi connectivity index (χ3n) is 2.30. The van der Waals surface area contributed by atoms with Gasteiger partial charge in [0, 0.05) is 11.8 Å². The predicted molar refractivity (Wildman–Crippen MR) is 62.0 cm³/mol. The maximum absolute atomic E-state index is 12.6. The Bertz CT molecular complexity index is 555. The minimum absolute atomic E-state index is 0.189. The SMILES string of the molecule is FC(F)(F)c1cccc(-c2nccc(CCl)n2)c1. The van der Waals surface area contributed by atoms with Gasteiger partial charge in [-0.3, -0.25) is 0 Å². The molecule has 0 saturated carbocycles. The lowest BCUT2D eigenvalue weighted by Crippen LogP contribution is -2.05. The first kappa shape index (κ1) is 12.8. The van der Waals surface area contributed by atoms with Gasteiger partial charge in [0.2, 0.25) is 0 Å². The Morgan fingerprint density at radius 1 is 1.17 bits per heavy atom. The van der Waals surface area contributed by atoms with Gasteiger partial charge in [-0.15, -0.1) is 11.6 Å². The molecule has 0 aliphatic carbocycles. The van der Waals surface area contributed by atoms with E-state index >= 15 is 0 Å². The van der Waals surface area contributed by atoms with E-state index in [1.54, 1.807) is 6.07 Å². The molecule has 0 amide bonds. The van der Waals surface area contributed by atoms with Crippen LogP contribution in [0, 0.1) is 0 Å². The second kappa shape index (κ2) is 4.94. The smallest absolute Gasteiger partial charge is 0.237 e. The Morgan fingerprint density at radius 3 is 2.61 bits per heavy atom. The lowest BCUT2D eigenvalue weighted by atomic mass is 10.1. The molecule has 0 saturated heterocycles. The molecule has 18 heavy (non-hydrogen) atoms. The fourth-order valence-electron chi connectivity index (χ4n) is 1.44. The summed E-state index contributed by atoms with van der Waals surface area (Å²) in [5.41, 5.74) is 0.163. The number of benzene rings is 1. The van der Waals surface area contributed by atoms with Crippen molar-refractivity contribution in [3.05, 3.63) is 47.8 Å². The van der Waals surface area contributed by atoms with Crippen molar-refractivity contribution in [1.82, 2.24) is 9.97 Å². The van der Waals surface area contributed by atoms with Crippen LogP contribution in [0.3, 0.4) is 0 Å². The third kappa shape index (κ3) is 2.79. The summed E-state index contributed by atoms with van der Waals surface area (Å²) in [7, 11) is 0. The molecule has 94 valence electrons. The van der Waals surface area contributed by atoms with Gasteiger partial charge in [-0.25, -0.2) is 9.97 Å². The number of nitrogens with zero attached hydrogens (tertiary/aromatic N) is 2. The summed E-state index contributed by atoms with van der Waals surface area (Å²) in [6.07, 6.45) is -2.90. The molecule has 6 heteroatoms. The summed E-state index contributed by atoms with van der Waals surface area (Å²) in [5, 5.41) is 0. The first-order valence-electron chi connectivity index (χ1n) is 5.06. The molecule has 2 rings (SSSR count). The fourth-order valence-corrected chi connectivity index (χ4v) is 1.59. The quantitative estimate of drug-likeness (QED) is 0.775. The van der Waals surface area contributed by atoms with Gasteiger partial charge in [0.15, 0.2) is 5.82 Å². The zero-order valence-corrected chi connectivity index (χ0v) is 9.83. The molecule has 0 N–H and O–H groups in total. The normalized spacial score (nSPS) is 11.6. The summed E-state index contributed by atoms with van der Waals surface area (Å²) in [6.45, 7) is 0. The van der Waals surface area contributed by atoms with Crippen LogP contribution in [-0.2, 0) is 12.1 Å². The van der Waals surface area contributed by atoms with Crippen molar-refractivity contribution in [2.45, 2.75) is 12.1 Å². The number of hydrogen-bond acceptors (Lipinski definition) is 2. The van der Waals surface area contributed by atoms with Crippen LogP contribution in [0.5, 0.6) is 0 Å². The van der Waals surface area contributed by atoms with E-state index in [0.29, 0.717) is 11.3 Å². The highest BCUT2D eigenvalue weighted by Crippen LogP contribution is 2.31. The molecule has 0 radical (unpaired) electrons. The maximum Gasteiger partial charge on any atom is 0.416 e. The molecule has 0 aliphatic rings. The van der Waals surface area contributed by atoms with Crippen LogP contribution in [0.25, 0.3) is 11.4 Å². The van der Waals surface area contributed by atoms with Crippen molar-refractivity contribution in [1.29, 1.82) is 0 Å². The van der Waals surface area contributed by atoms with Gasteiger partial charge in [-0.05, 0) is 18.2 Å². The third-order valence-corrected chi connectivity index (χ3v) is 2.57. The molecule has 1 heterocycles. The molecule has 0 aliphatic heterocycles. The van der Waals surface area contributed by atoms with Crippen molar-refractivity contribution >= 4 is 11.6 Å². The molecular formula is C12H8ClF3N2. The van der Waals surface area contributed by atoms with Gasteiger partial charge < -0.3 is 0 Å². The average molecular weight is 273 g/mol. The van der Waals surface area contributed by atoms with Crippen LogP contribution < -0.4 is 0 Å². The van der Waals surface area contributed by atoms with Gasteiger partial charge >= 0.3 is 6.18 Å². The first-order chi connectivity index (χ1) is 8.50. The van der Waals surface area contributed by atoms with Crippen LogP contribution in [0.1, 0.15) is 11.3 Å². The van der Waals surface area contributed by atoms with E-state index in [1.807, 2.05) is 0 Å². The van der Waals surface area contributed by atoms with E-state index in [2.05, 4.69) is 9.97 Å². The molecule has 0 spiro atoms. The number of aromatic nitrogens is 2. The molecule has 0 fully saturated rings. The van der Waals surface area contributed by atoms with Crippen molar-refractivity contribution < 1.29 is 13.2 Å². The van der Waals surface area contributed by atoms with Crippen molar-refractivity contribution in [3.8, 4) is 11.4 Å². The minimum Gasteiger partial charge on any atom is -0.237 e. The van der Waals surface area contributed by atoms with Gasteiger partial charge in [-0.1, -0.05) is 12.1 Å². The van der Waals surface area contributed by atoms with E-state index < -0.39 is 11.7 Å². The predicted octanol–water partition coefficient (Wildman–Crippen LogP) is 3.90. The Morgan fingerprint density at radius 2 is 1.94 bits per heavy atom. The average Bonchev–Trinajstić information content (AvgIpc) is 2.38. The van der Waals surface area contributed by atoms with Crippen LogP contribution in [0.15, 0.2) is 36.5 Å². The molecule has 2 aromatic rings. The Hall–Kier alpha value is -1.62. The Labute approximate surface area is 106 Å². The summed E-state index contributed by atoms with van der Waals surface area (Å²) < 4.78 is 37.7. The summed E-state index contributed by atoms with van der Waals surface area (Å²) in [6, 6.07) is 6.50. The van der Waals surface area contributed by atoms with E-state index in [1.165, 1.54) is 18.3 Å². The number of rotatable bonds is 2. The topological polar surface area (TPSA) is 25.8 Å². The highest BCUT2D eigenvalue weighted by atomic mass is 35.5. The summed E-state index contributed by atoms with van der Waals surface area (Å²) >= 11 is 5.62. The summed E-state index contributed by atoms with van der Waals surface area (Å²) in [5.74, 6) is 0.424. The van der Waals surface area contributed by atoms with E-state index in [0.717, 1.165) is 12.1 Å². The maximum atomic E-state index is 12.6. The minimum atomic E-state index is -4.37. The molecule has 2 nitrogen and oxygen atoms in total. The molecule has 0 unspecified atom stereocenters. The van der Waals surface area contributed by atoms with Crippen LogP contribution in [-0.4, -0.2) is 9.97 Å². The van der Waals surface area contributed by atoms with Gasteiger partial charge in [0.05, 0.1) is 17.1 Å². The van der Waals surface area contributed by atoms with Crippen molar-refractivity contribution in [2.24, 2.45) is 0 Å². The molecule has 1 aromatic heterocycles. The zero-order valence-electron chi connectivity index (χ0n) is 9.08. The molecule has 1 aromatic carbocycles. The first-order valence-corrected chi connectivity index (χ1v) is 5.59. The second-order valence-electron chi connectivity index (χ2n) is 3.58. The van der Waals surface area contributed by atoms with Gasteiger partial charge in [-0.2, -0.15) is 13.2 Å². The monoisotopic (exact) mass is 272 g/mol. The van der Waals surface area contributed by atoms with Crippen LogP contribution in [0.2, 0.25) is 0 Å². The van der Waals surface area contributed by atoms with E-state index in [9.17, 15) is 13.2 Å². The zero-order chi connectivity index (χ0) is 13.2. The number of halogens is 4. The van der Waals surface area contributed by atoms with E-state index in [-0.39, 0.29) is 11.7 Å². The number of alkyl halides is 4. The van der Waals surface area contributed by atoms with Crippen molar-refractivity contribution in [3.63, 3.8) is 0 Å². The lowest BCUT2D eigenvalue weighted by Gasteiger charge is -2.08. The summed E-state index contributed by atoms with van der Waals surface area (Å²) in [4.78, 5) is 8.02. The molecule has 0 atom stereocenters. The van der Waals surface area contributed by atoms with Crippen LogP contribution in [0.4, 0.5) is 13.2 Å². The molecule has 0 bridgehead atoms. The van der Waals surface area contributed by atoms with Crippen LogP contribution >= 0.6 is 11.6 Å². The standard InChI is InChI=1S/C12H8ClF3N2/c13-7-10-4-5-17-11(18-10)8-2-1-3-9(6-8)12(14,15)16/h1-6H,7H2. The fraction of sp³-hybridized carbons (Fsp3) is 0.167. The Kier molecular flexibility index (Phi) is 3.52. The lowest BCUT2D eigenvalue weighted by molar-refractivity contribution is -0.137. The van der Waals surface area contributed by atoms with Gasteiger partial charge in [0.1, 0.15) is 0 Å². The Balaban J connectivity index is 2.44. The highest BCUT2D eigenvalue weighted by molar-refractivity contribution is 6.16. The molecular weight excluding hydrogens is 265 g/mol. The number of hydrogen-bond donors (Lipinski definition) is 0. The van der Waals surface area contributed by atoms with Gasteiger partial charge in [0.25, 0.3) is 0 Å².